The molecule has 0 aliphatic carbocycles. The molecule has 0 spiro atoms. The predicted molar refractivity (Wildman–Crippen MR) is 77.5 cm³/mol. The van der Waals surface area contributed by atoms with Gasteiger partial charge in [-0.3, -0.25) is 0 Å². The lowest BCUT2D eigenvalue weighted by atomic mass is 10.1. The summed E-state index contributed by atoms with van der Waals surface area (Å²) in [5.74, 6) is 0. The van der Waals surface area contributed by atoms with Gasteiger partial charge in [-0.15, -0.1) is 0 Å². The topological polar surface area (TPSA) is 37.4 Å². The molecule has 0 amide bonds. The summed E-state index contributed by atoms with van der Waals surface area (Å²) in [6.45, 7) is 6.77. The van der Waals surface area contributed by atoms with E-state index in [1.54, 1.807) is 12.1 Å². The smallest absolute Gasteiger partial charge is 0.207 e. The largest absolute Gasteiger partial charge is 0.243 e. The number of sulfonamides is 1. The van der Waals surface area contributed by atoms with E-state index in [0.29, 0.717) is 18.0 Å². The molecule has 1 aromatic carbocycles. The molecule has 4 heteroatoms. The Kier molecular flexibility index (Phi) is 3.92. The fourth-order valence-corrected chi connectivity index (χ4v) is 3.62. The van der Waals surface area contributed by atoms with E-state index in [2.05, 4.69) is 0 Å². The van der Waals surface area contributed by atoms with E-state index < -0.39 is 10.0 Å². The van der Waals surface area contributed by atoms with Gasteiger partial charge in [-0.05, 0) is 44.1 Å². The summed E-state index contributed by atoms with van der Waals surface area (Å²) < 4.78 is 26.6. The Bertz CT molecular complexity index is 605. The fraction of sp³-hybridized carbons (Fsp3) is 0.333. The van der Waals surface area contributed by atoms with E-state index in [4.69, 9.17) is 0 Å². The van der Waals surface area contributed by atoms with Gasteiger partial charge in [0.1, 0.15) is 0 Å². The number of hydrogen-bond donors (Lipinski definition) is 0. The van der Waals surface area contributed by atoms with Crippen molar-refractivity contribution in [1.29, 1.82) is 0 Å². The van der Waals surface area contributed by atoms with Gasteiger partial charge in [-0.2, -0.15) is 4.31 Å². The monoisotopic (exact) mass is 277 g/mol. The van der Waals surface area contributed by atoms with Gasteiger partial charge in [0.05, 0.1) is 4.90 Å². The predicted octanol–water partition coefficient (Wildman–Crippen LogP) is 2.89. The Morgan fingerprint density at radius 3 is 1.89 bits per heavy atom. The zero-order valence-corrected chi connectivity index (χ0v) is 12.4. The van der Waals surface area contributed by atoms with Crippen molar-refractivity contribution in [3.8, 4) is 0 Å². The van der Waals surface area contributed by atoms with Crippen LogP contribution >= 0.6 is 0 Å². The number of allylic oxidation sites excluding steroid dienone is 2. The lowest BCUT2D eigenvalue weighted by molar-refractivity contribution is 0.489. The molecular formula is C15H19NO2S. The van der Waals surface area contributed by atoms with Gasteiger partial charge >= 0.3 is 0 Å². The number of hydrogen-bond acceptors (Lipinski definition) is 2. The number of rotatable bonds is 2. The number of benzene rings is 1. The van der Waals surface area contributed by atoms with Crippen molar-refractivity contribution in [3.05, 3.63) is 53.1 Å². The minimum absolute atomic E-state index is 0.367. The third-order valence-electron chi connectivity index (χ3n) is 3.46. The minimum Gasteiger partial charge on any atom is -0.207 e. The van der Waals surface area contributed by atoms with E-state index in [9.17, 15) is 8.42 Å². The maximum atomic E-state index is 12.5. The zero-order valence-electron chi connectivity index (χ0n) is 11.6. The average Bonchev–Trinajstić information content (AvgIpc) is 2.83. The second kappa shape index (κ2) is 5.31. The molecule has 1 aliphatic heterocycles. The van der Waals surface area contributed by atoms with Crippen LogP contribution < -0.4 is 0 Å². The number of nitrogens with zero attached hydrogens (tertiary/aromatic N) is 1. The Labute approximate surface area is 115 Å². The summed E-state index contributed by atoms with van der Waals surface area (Å²) in [7, 11) is -3.39. The highest BCUT2D eigenvalue weighted by Crippen LogP contribution is 2.27. The normalized spacial score (nSPS) is 21.4. The molecule has 1 saturated heterocycles. The second-order valence-corrected chi connectivity index (χ2v) is 6.65. The molecule has 0 radical (unpaired) electrons. The summed E-state index contributed by atoms with van der Waals surface area (Å²) in [4.78, 5) is 0.367. The van der Waals surface area contributed by atoms with E-state index in [0.717, 1.165) is 16.7 Å². The summed E-state index contributed by atoms with van der Waals surface area (Å²) in [6, 6.07) is 7.01. The van der Waals surface area contributed by atoms with Crippen LogP contribution in [0.1, 0.15) is 19.4 Å². The Hall–Kier alpha value is -1.39. The van der Waals surface area contributed by atoms with Crippen molar-refractivity contribution in [1.82, 2.24) is 4.31 Å². The van der Waals surface area contributed by atoms with Crippen LogP contribution in [-0.4, -0.2) is 25.8 Å². The molecule has 0 unspecified atom stereocenters. The zero-order chi connectivity index (χ0) is 14.0. The van der Waals surface area contributed by atoms with Crippen molar-refractivity contribution in [2.45, 2.75) is 25.7 Å². The first-order valence-corrected chi connectivity index (χ1v) is 7.80. The van der Waals surface area contributed by atoms with Gasteiger partial charge in [0.2, 0.25) is 10.0 Å². The van der Waals surface area contributed by atoms with E-state index in [1.807, 2.05) is 45.1 Å². The highest BCUT2D eigenvalue weighted by molar-refractivity contribution is 7.89. The van der Waals surface area contributed by atoms with Gasteiger partial charge in [-0.25, -0.2) is 8.42 Å². The fourth-order valence-electron chi connectivity index (χ4n) is 2.22. The molecule has 1 aromatic rings. The van der Waals surface area contributed by atoms with Crippen molar-refractivity contribution < 1.29 is 8.42 Å². The third-order valence-corrected chi connectivity index (χ3v) is 5.27. The van der Waals surface area contributed by atoms with Crippen LogP contribution in [-0.2, 0) is 10.0 Å². The first-order chi connectivity index (χ1) is 8.98. The van der Waals surface area contributed by atoms with Crippen LogP contribution in [0.3, 0.4) is 0 Å². The molecule has 1 heterocycles. The molecule has 0 saturated carbocycles. The molecule has 1 aliphatic rings. The van der Waals surface area contributed by atoms with Crippen molar-refractivity contribution in [3.63, 3.8) is 0 Å². The summed E-state index contributed by atoms with van der Waals surface area (Å²) in [5.41, 5.74) is 3.25. The van der Waals surface area contributed by atoms with Crippen molar-refractivity contribution in [2.24, 2.45) is 0 Å². The molecule has 19 heavy (non-hydrogen) atoms. The molecule has 2 rings (SSSR count). The molecule has 0 bridgehead atoms. The van der Waals surface area contributed by atoms with Crippen LogP contribution in [0.2, 0.25) is 0 Å². The maximum absolute atomic E-state index is 12.5. The van der Waals surface area contributed by atoms with Gasteiger partial charge in [0, 0.05) is 13.1 Å². The lowest BCUT2D eigenvalue weighted by Gasteiger charge is -2.15. The standard InChI is InChI=1S/C15H19NO2S/c1-4-13-10-16(11-14(13)5-2)19(17,18)15-8-6-12(3)7-9-15/h4-9H,10-11H2,1-3H3/b13-4+,14-5+. The van der Waals surface area contributed by atoms with Gasteiger partial charge in [-0.1, -0.05) is 29.8 Å². The quantitative estimate of drug-likeness (QED) is 0.833. The average molecular weight is 277 g/mol. The molecule has 0 atom stereocenters. The molecular weight excluding hydrogens is 258 g/mol. The van der Waals surface area contributed by atoms with E-state index >= 15 is 0 Å². The maximum Gasteiger partial charge on any atom is 0.243 e. The summed E-state index contributed by atoms with van der Waals surface area (Å²) >= 11 is 0. The molecule has 1 fully saturated rings. The number of aryl methyl sites for hydroxylation is 1. The van der Waals surface area contributed by atoms with E-state index in [-0.39, 0.29) is 0 Å². The Balaban J connectivity index is 2.35. The van der Waals surface area contributed by atoms with Crippen LogP contribution in [0.25, 0.3) is 0 Å². The molecule has 0 aromatic heterocycles. The third kappa shape index (κ3) is 2.65. The minimum atomic E-state index is -3.39. The van der Waals surface area contributed by atoms with Gasteiger partial charge in [0.15, 0.2) is 0 Å². The Morgan fingerprint density at radius 2 is 1.47 bits per heavy atom. The first kappa shape index (κ1) is 14.0. The second-order valence-electron chi connectivity index (χ2n) is 4.71. The van der Waals surface area contributed by atoms with Gasteiger partial charge in [0.25, 0.3) is 0 Å². The highest BCUT2D eigenvalue weighted by atomic mass is 32.2. The Morgan fingerprint density at radius 1 is 1.00 bits per heavy atom. The van der Waals surface area contributed by atoms with E-state index in [1.165, 1.54) is 4.31 Å². The first-order valence-electron chi connectivity index (χ1n) is 6.36. The van der Waals surface area contributed by atoms with Crippen LogP contribution in [0.5, 0.6) is 0 Å². The lowest BCUT2D eigenvalue weighted by Crippen LogP contribution is -2.28. The highest BCUT2D eigenvalue weighted by Gasteiger charge is 2.31. The summed E-state index contributed by atoms with van der Waals surface area (Å²) in [6.07, 6.45) is 3.97. The van der Waals surface area contributed by atoms with Crippen LogP contribution in [0.15, 0.2) is 52.5 Å². The van der Waals surface area contributed by atoms with Crippen LogP contribution in [0.4, 0.5) is 0 Å². The van der Waals surface area contributed by atoms with Crippen molar-refractivity contribution >= 4 is 10.0 Å². The molecule has 3 nitrogen and oxygen atoms in total. The van der Waals surface area contributed by atoms with Gasteiger partial charge < -0.3 is 0 Å². The molecule has 102 valence electrons. The van der Waals surface area contributed by atoms with Crippen LogP contribution in [0, 0.1) is 6.92 Å². The summed E-state index contributed by atoms with van der Waals surface area (Å²) in [5, 5.41) is 0. The molecule has 0 N–H and O–H groups in total. The SMILES string of the molecule is C/C=C1\CN(S(=O)(=O)c2ccc(C)cc2)C\C1=C/C. The van der Waals surface area contributed by atoms with Crippen molar-refractivity contribution in [2.75, 3.05) is 13.1 Å².